The second-order valence-electron chi connectivity index (χ2n) is 3.76. The fraction of sp³-hybridized carbons (Fsp3) is 0.556. The minimum atomic E-state index is 0.640. The molecule has 0 aromatic carbocycles. The molecule has 0 radical (unpaired) electrons. The van der Waals surface area contributed by atoms with Crippen LogP contribution >= 0.6 is 12.2 Å². The molecule has 0 saturated heterocycles. The molecule has 2 nitrogen and oxygen atoms in total. The molecule has 2 aliphatic carbocycles. The molecule has 1 fully saturated rings. The first-order valence-corrected chi connectivity index (χ1v) is 4.84. The standard InChI is InChI=1S/C9H10N2S/c12-9-10-4-7-5-1-2-6(3-5)8(7)11-9/h4-6H,1-3H2,(H,10,11,12). The smallest absolute Gasteiger partial charge is 0.196 e. The van der Waals surface area contributed by atoms with E-state index in [9.17, 15) is 0 Å². The SMILES string of the molecule is S=c1ncc2c([nH]1)C1CCC2C1. The van der Waals surface area contributed by atoms with Crippen LogP contribution in [-0.4, -0.2) is 9.97 Å². The third kappa shape index (κ3) is 0.746. The van der Waals surface area contributed by atoms with E-state index < -0.39 is 0 Å². The zero-order valence-electron chi connectivity index (χ0n) is 6.71. The lowest BCUT2D eigenvalue weighted by atomic mass is 9.98. The van der Waals surface area contributed by atoms with Crippen LogP contribution in [0.15, 0.2) is 6.20 Å². The second-order valence-corrected chi connectivity index (χ2v) is 4.15. The van der Waals surface area contributed by atoms with Gasteiger partial charge in [-0.05, 0) is 43.0 Å². The van der Waals surface area contributed by atoms with Crippen molar-refractivity contribution in [2.24, 2.45) is 0 Å². The third-order valence-electron chi connectivity index (χ3n) is 3.15. The van der Waals surface area contributed by atoms with E-state index in [1.165, 1.54) is 30.5 Å². The Labute approximate surface area is 76.0 Å². The molecule has 3 rings (SSSR count). The quantitative estimate of drug-likeness (QED) is 0.618. The lowest BCUT2D eigenvalue weighted by Crippen LogP contribution is -2.01. The Bertz CT molecular complexity index is 382. The summed E-state index contributed by atoms with van der Waals surface area (Å²) in [6, 6.07) is 0. The van der Waals surface area contributed by atoms with Crippen LogP contribution < -0.4 is 0 Å². The van der Waals surface area contributed by atoms with Crippen LogP contribution in [0.3, 0.4) is 0 Å². The highest BCUT2D eigenvalue weighted by Gasteiger charge is 2.37. The zero-order chi connectivity index (χ0) is 8.13. The highest BCUT2D eigenvalue weighted by atomic mass is 32.1. The van der Waals surface area contributed by atoms with E-state index >= 15 is 0 Å². The van der Waals surface area contributed by atoms with E-state index in [2.05, 4.69) is 9.97 Å². The van der Waals surface area contributed by atoms with E-state index in [1.807, 2.05) is 6.20 Å². The van der Waals surface area contributed by atoms with Crippen molar-refractivity contribution in [2.45, 2.75) is 31.1 Å². The first-order valence-electron chi connectivity index (χ1n) is 4.43. The molecule has 2 aliphatic rings. The summed E-state index contributed by atoms with van der Waals surface area (Å²) in [5.74, 6) is 1.54. The number of aromatic nitrogens is 2. The zero-order valence-corrected chi connectivity index (χ0v) is 7.53. The van der Waals surface area contributed by atoms with Gasteiger partial charge in [0.05, 0.1) is 0 Å². The fourth-order valence-corrected chi connectivity index (χ4v) is 2.77. The summed E-state index contributed by atoms with van der Waals surface area (Å²) in [4.78, 5) is 7.35. The highest BCUT2D eigenvalue weighted by Crippen LogP contribution is 2.51. The van der Waals surface area contributed by atoms with Gasteiger partial charge in [0.25, 0.3) is 0 Å². The van der Waals surface area contributed by atoms with E-state index in [1.54, 1.807) is 0 Å². The highest BCUT2D eigenvalue weighted by molar-refractivity contribution is 7.71. The van der Waals surface area contributed by atoms with Gasteiger partial charge in [-0.1, -0.05) is 0 Å². The average Bonchev–Trinajstić information content (AvgIpc) is 2.63. The number of fused-ring (bicyclic) bond motifs is 5. The largest absolute Gasteiger partial charge is 0.334 e. The molecule has 0 amide bonds. The lowest BCUT2D eigenvalue weighted by Gasteiger charge is -2.12. The Morgan fingerprint density at radius 2 is 2.25 bits per heavy atom. The molecule has 0 spiro atoms. The Kier molecular flexibility index (Phi) is 1.22. The monoisotopic (exact) mass is 178 g/mol. The summed E-state index contributed by atoms with van der Waals surface area (Å²) < 4.78 is 0.640. The van der Waals surface area contributed by atoms with E-state index in [4.69, 9.17) is 12.2 Å². The molecule has 1 aromatic rings. The predicted octanol–water partition coefficient (Wildman–Crippen LogP) is 2.50. The number of hydrogen-bond donors (Lipinski definition) is 1. The number of nitrogens with zero attached hydrogens (tertiary/aromatic N) is 1. The average molecular weight is 178 g/mol. The maximum atomic E-state index is 5.00. The van der Waals surface area contributed by atoms with Gasteiger partial charge in [0.1, 0.15) is 0 Å². The van der Waals surface area contributed by atoms with Gasteiger partial charge in [0, 0.05) is 17.8 Å². The van der Waals surface area contributed by atoms with Crippen molar-refractivity contribution >= 4 is 12.2 Å². The lowest BCUT2D eigenvalue weighted by molar-refractivity contribution is 0.689. The van der Waals surface area contributed by atoms with Gasteiger partial charge in [0.15, 0.2) is 4.77 Å². The number of H-pyrrole nitrogens is 1. The Morgan fingerprint density at radius 3 is 3.17 bits per heavy atom. The van der Waals surface area contributed by atoms with Crippen molar-refractivity contribution in [2.75, 3.05) is 0 Å². The minimum Gasteiger partial charge on any atom is -0.334 e. The third-order valence-corrected chi connectivity index (χ3v) is 3.36. The number of aromatic amines is 1. The molecular formula is C9H10N2S. The fourth-order valence-electron chi connectivity index (χ4n) is 2.61. The Hall–Kier alpha value is -0.700. The van der Waals surface area contributed by atoms with Crippen LogP contribution in [0.4, 0.5) is 0 Å². The molecular weight excluding hydrogens is 168 g/mol. The summed E-state index contributed by atoms with van der Waals surface area (Å²) in [7, 11) is 0. The topological polar surface area (TPSA) is 28.7 Å². The molecule has 1 saturated carbocycles. The first kappa shape index (κ1) is 6.78. The van der Waals surface area contributed by atoms with Gasteiger partial charge in [-0.25, -0.2) is 4.98 Å². The van der Waals surface area contributed by atoms with Gasteiger partial charge >= 0.3 is 0 Å². The first-order chi connectivity index (χ1) is 5.84. The van der Waals surface area contributed by atoms with Crippen LogP contribution in [-0.2, 0) is 0 Å². The number of rotatable bonds is 0. The molecule has 62 valence electrons. The van der Waals surface area contributed by atoms with Crippen LogP contribution in [0.25, 0.3) is 0 Å². The Balaban J connectivity index is 2.27. The van der Waals surface area contributed by atoms with Gasteiger partial charge in [0.2, 0.25) is 0 Å². The summed E-state index contributed by atoms with van der Waals surface area (Å²) >= 11 is 5.00. The molecule has 2 bridgehead atoms. The molecule has 1 aromatic heterocycles. The summed E-state index contributed by atoms with van der Waals surface area (Å²) in [6.07, 6.45) is 5.99. The molecule has 2 unspecified atom stereocenters. The van der Waals surface area contributed by atoms with E-state index in [0.29, 0.717) is 4.77 Å². The summed E-state index contributed by atoms with van der Waals surface area (Å²) in [5, 5.41) is 0. The number of hydrogen-bond acceptors (Lipinski definition) is 2. The second kappa shape index (κ2) is 2.16. The van der Waals surface area contributed by atoms with Gasteiger partial charge in [-0.2, -0.15) is 0 Å². The van der Waals surface area contributed by atoms with Crippen LogP contribution in [0, 0.1) is 4.77 Å². The van der Waals surface area contributed by atoms with Gasteiger partial charge in [-0.3, -0.25) is 0 Å². The van der Waals surface area contributed by atoms with Crippen molar-refractivity contribution in [3.63, 3.8) is 0 Å². The predicted molar refractivity (Wildman–Crippen MR) is 48.8 cm³/mol. The van der Waals surface area contributed by atoms with Crippen LogP contribution in [0.2, 0.25) is 0 Å². The molecule has 0 aliphatic heterocycles. The Morgan fingerprint density at radius 1 is 1.42 bits per heavy atom. The maximum absolute atomic E-state index is 5.00. The molecule has 1 heterocycles. The van der Waals surface area contributed by atoms with Gasteiger partial charge in [-0.15, -0.1) is 0 Å². The van der Waals surface area contributed by atoms with Crippen LogP contribution in [0.1, 0.15) is 42.4 Å². The molecule has 1 N–H and O–H groups in total. The van der Waals surface area contributed by atoms with Crippen LogP contribution in [0.5, 0.6) is 0 Å². The maximum Gasteiger partial charge on any atom is 0.196 e. The van der Waals surface area contributed by atoms with Crippen molar-refractivity contribution in [1.82, 2.24) is 9.97 Å². The normalized spacial score (nSPS) is 30.7. The summed E-state index contributed by atoms with van der Waals surface area (Å²) in [6.45, 7) is 0. The summed E-state index contributed by atoms with van der Waals surface area (Å²) in [5.41, 5.74) is 2.81. The van der Waals surface area contributed by atoms with Crippen molar-refractivity contribution in [3.05, 3.63) is 22.2 Å². The van der Waals surface area contributed by atoms with E-state index in [0.717, 1.165) is 11.8 Å². The van der Waals surface area contributed by atoms with Gasteiger partial charge < -0.3 is 4.98 Å². The molecule has 12 heavy (non-hydrogen) atoms. The minimum absolute atomic E-state index is 0.640. The van der Waals surface area contributed by atoms with Crippen molar-refractivity contribution in [3.8, 4) is 0 Å². The number of nitrogens with one attached hydrogen (secondary N) is 1. The molecule has 2 atom stereocenters. The molecule has 3 heteroatoms. The van der Waals surface area contributed by atoms with Crippen molar-refractivity contribution in [1.29, 1.82) is 0 Å². The van der Waals surface area contributed by atoms with Crippen molar-refractivity contribution < 1.29 is 0 Å². The van der Waals surface area contributed by atoms with E-state index in [-0.39, 0.29) is 0 Å².